The standard InChI is InChI=1S/C7H15NS/c1-6(8)4-5-7(2)9-3/h7-8H,4-5H2,1-3H3. The molecule has 2 heteroatoms. The minimum atomic E-state index is 0.713. The first-order chi connectivity index (χ1) is 4.16. The van der Waals surface area contributed by atoms with Gasteiger partial charge < -0.3 is 5.41 Å². The van der Waals surface area contributed by atoms with Crippen molar-refractivity contribution in [2.24, 2.45) is 0 Å². The molecule has 0 radical (unpaired) electrons. The molecular weight excluding hydrogens is 130 g/mol. The Hall–Kier alpha value is 0.0200. The van der Waals surface area contributed by atoms with E-state index in [-0.39, 0.29) is 0 Å². The minimum absolute atomic E-state index is 0.713. The summed E-state index contributed by atoms with van der Waals surface area (Å²) in [5.74, 6) is 0. The second-order valence-corrected chi connectivity index (χ2v) is 3.64. The zero-order valence-electron chi connectivity index (χ0n) is 6.40. The lowest BCUT2D eigenvalue weighted by atomic mass is 10.2. The van der Waals surface area contributed by atoms with Crippen LogP contribution in [0.1, 0.15) is 26.7 Å². The van der Waals surface area contributed by atoms with E-state index in [2.05, 4.69) is 13.2 Å². The molecule has 54 valence electrons. The predicted molar refractivity (Wildman–Crippen MR) is 45.6 cm³/mol. The molecule has 0 saturated carbocycles. The van der Waals surface area contributed by atoms with Crippen LogP contribution in [0, 0.1) is 5.41 Å². The molecule has 1 unspecified atom stereocenters. The molecule has 0 heterocycles. The predicted octanol–water partition coefficient (Wildman–Crippen LogP) is 2.56. The lowest BCUT2D eigenvalue weighted by Gasteiger charge is -2.05. The monoisotopic (exact) mass is 145 g/mol. The first-order valence-corrected chi connectivity index (χ1v) is 4.52. The maximum atomic E-state index is 7.15. The molecule has 0 bridgehead atoms. The molecule has 1 nitrogen and oxygen atoms in total. The third-order valence-electron chi connectivity index (χ3n) is 1.33. The number of hydrogen-bond donors (Lipinski definition) is 1. The molecule has 0 aromatic carbocycles. The summed E-state index contributed by atoms with van der Waals surface area (Å²) in [7, 11) is 0. The van der Waals surface area contributed by atoms with Crippen LogP contribution in [0.15, 0.2) is 0 Å². The van der Waals surface area contributed by atoms with Crippen LogP contribution in [0.4, 0.5) is 0 Å². The summed E-state index contributed by atoms with van der Waals surface area (Å²) in [4.78, 5) is 0. The SMILES string of the molecule is CSC(C)CCC(C)=N. The fourth-order valence-electron chi connectivity index (χ4n) is 0.538. The van der Waals surface area contributed by atoms with Gasteiger partial charge in [-0.05, 0) is 26.0 Å². The van der Waals surface area contributed by atoms with E-state index in [1.165, 1.54) is 0 Å². The number of hydrogen-bond acceptors (Lipinski definition) is 2. The molecular formula is C7H15NS. The number of nitrogens with one attached hydrogen (secondary N) is 1. The highest BCUT2D eigenvalue weighted by Gasteiger charge is 1.98. The maximum Gasteiger partial charge on any atom is 0.00586 e. The van der Waals surface area contributed by atoms with Gasteiger partial charge in [-0.1, -0.05) is 6.92 Å². The normalized spacial score (nSPS) is 13.2. The van der Waals surface area contributed by atoms with Crippen molar-refractivity contribution < 1.29 is 0 Å². The van der Waals surface area contributed by atoms with Gasteiger partial charge in [-0.3, -0.25) is 0 Å². The van der Waals surface area contributed by atoms with Crippen molar-refractivity contribution in [3.05, 3.63) is 0 Å². The molecule has 1 N–H and O–H groups in total. The fraction of sp³-hybridized carbons (Fsp3) is 0.857. The van der Waals surface area contributed by atoms with Crippen LogP contribution in [0.5, 0.6) is 0 Å². The van der Waals surface area contributed by atoms with Gasteiger partial charge in [-0.25, -0.2) is 0 Å². The van der Waals surface area contributed by atoms with Crippen molar-refractivity contribution in [1.82, 2.24) is 0 Å². The van der Waals surface area contributed by atoms with Crippen molar-refractivity contribution in [3.63, 3.8) is 0 Å². The Kier molecular flexibility index (Phi) is 4.87. The third kappa shape index (κ3) is 5.90. The number of rotatable bonds is 4. The second kappa shape index (κ2) is 4.86. The molecule has 0 saturated heterocycles. The first kappa shape index (κ1) is 9.02. The summed E-state index contributed by atoms with van der Waals surface area (Å²) >= 11 is 1.87. The van der Waals surface area contributed by atoms with Crippen LogP contribution in [-0.2, 0) is 0 Å². The van der Waals surface area contributed by atoms with E-state index >= 15 is 0 Å². The summed E-state index contributed by atoms with van der Waals surface area (Å²) in [6, 6.07) is 0. The number of thioether (sulfide) groups is 1. The van der Waals surface area contributed by atoms with Gasteiger partial charge in [0, 0.05) is 11.0 Å². The highest BCUT2D eigenvalue weighted by molar-refractivity contribution is 7.99. The van der Waals surface area contributed by atoms with Crippen molar-refractivity contribution in [2.75, 3.05) is 6.26 Å². The Morgan fingerprint density at radius 1 is 1.67 bits per heavy atom. The Morgan fingerprint density at radius 3 is 2.56 bits per heavy atom. The van der Waals surface area contributed by atoms with Crippen molar-refractivity contribution in [2.45, 2.75) is 31.9 Å². The quantitative estimate of drug-likeness (QED) is 0.604. The van der Waals surface area contributed by atoms with E-state index in [1.54, 1.807) is 0 Å². The van der Waals surface area contributed by atoms with E-state index in [0.717, 1.165) is 18.6 Å². The maximum absolute atomic E-state index is 7.15. The Bertz CT molecular complexity index is 90.9. The summed E-state index contributed by atoms with van der Waals surface area (Å²) in [5.41, 5.74) is 0.802. The molecule has 0 aromatic rings. The Balaban J connectivity index is 3.16. The zero-order valence-corrected chi connectivity index (χ0v) is 7.22. The van der Waals surface area contributed by atoms with Gasteiger partial charge in [0.15, 0.2) is 0 Å². The van der Waals surface area contributed by atoms with Crippen LogP contribution in [0.2, 0.25) is 0 Å². The molecule has 0 aliphatic heterocycles. The van der Waals surface area contributed by atoms with Crippen molar-refractivity contribution >= 4 is 17.5 Å². The molecule has 0 spiro atoms. The van der Waals surface area contributed by atoms with Crippen LogP contribution in [0.3, 0.4) is 0 Å². The molecule has 0 aliphatic carbocycles. The van der Waals surface area contributed by atoms with Gasteiger partial charge in [0.1, 0.15) is 0 Å². The van der Waals surface area contributed by atoms with Gasteiger partial charge in [-0.15, -0.1) is 0 Å². The van der Waals surface area contributed by atoms with E-state index < -0.39 is 0 Å². The molecule has 0 amide bonds. The van der Waals surface area contributed by atoms with E-state index in [1.807, 2.05) is 18.7 Å². The van der Waals surface area contributed by atoms with Crippen LogP contribution < -0.4 is 0 Å². The van der Waals surface area contributed by atoms with E-state index in [0.29, 0.717) is 5.25 Å². The van der Waals surface area contributed by atoms with Crippen LogP contribution in [-0.4, -0.2) is 17.2 Å². The van der Waals surface area contributed by atoms with Gasteiger partial charge in [0.05, 0.1) is 0 Å². The van der Waals surface area contributed by atoms with Gasteiger partial charge in [0.2, 0.25) is 0 Å². The highest BCUT2D eigenvalue weighted by Crippen LogP contribution is 2.11. The lowest BCUT2D eigenvalue weighted by Crippen LogP contribution is -1.98. The largest absolute Gasteiger partial charge is 0.310 e. The minimum Gasteiger partial charge on any atom is -0.310 e. The topological polar surface area (TPSA) is 23.9 Å². The Morgan fingerprint density at radius 2 is 2.22 bits per heavy atom. The van der Waals surface area contributed by atoms with Crippen LogP contribution >= 0.6 is 11.8 Å². The van der Waals surface area contributed by atoms with Crippen molar-refractivity contribution in [3.8, 4) is 0 Å². The fourth-order valence-corrected chi connectivity index (χ4v) is 0.891. The first-order valence-electron chi connectivity index (χ1n) is 3.23. The third-order valence-corrected chi connectivity index (χ3v) is 2.37. The smallest absolute Gasteiger partial charge is 0.00586 e. The van der Waals surface area contributed by atoms with E-state index in [4.69, 9.17) is 5.41 Å². The summed E-state index contributed by atoms with van der Waals surface area (Å²) in [6.07, 6.45) is 4.22. The van der Waals surface area contributed by atoms with Crippen molar-refractivity contribution in [1.29, 1.82) is 5.41 Å². The average molecular weight is 145 g/mol. The molecule has 0 aliphatic rings. The lowest BCUT2D eigenvalue weighted by molar-refractivity contribution is 0.850. The van der Waals surface area contributed by atoms with Gasteiger partial charge >= 0.3 is 0 Å². The zero-order chi connectivity index (χ0) is 7.28. The van der Waals surface area contributed by atoms with Crippen LogP contribution in [0.25, 0.3) is 0 Å². The molecule has 1 atom stereocenters. The van der Waals surface area contributed by atoms with E-state index in [9.17, 15) is 0 Å². The average Bonchev–Trinajstić information content (AvgIpc) is 1.83. The molecule has 0 rings (SSSR count). The molecule has 9 heavy (non-hydrogen) atoms. The summed E-state index contributed by atoms with van der Waals surface area (Å²) in [6.45, 7) is 4.07. The highest BCUT2D eigenvalue weighted by atomic mass is 32.2. The van der Waals surface area contributed by atoms with Gasteiger partial charge in [-0.2, -0.15) is 11.8 Å². The molecule has 0 aromatic heterocycles. The Labute approximate surface area is 61.7 Å². The second-order valence-electron chi connectivity index (χ2n) is 2.37. The summed E-state index contributed by atoms with van der Waals surface area (Å²) in [5, 5.41) is 7.87. The molecule has 0 fully saturated rings. The van der Waals surface area contributed by atoms with Gasteiger partial charge in [0.25, 0.3) is 0 Å². The summed E-state index contributed by atoms with van der Waals surface area (Å²) < 4.78 is 0.